The van der Waals surface area contributed by atoms with Gasteiger partial charge in [-0.05, 0) is 55.0 Å². The lowest BCUT2D eigenvalue weighted by Crippen LogP contribution is -2.27. The Labute approximate surface area is 181 Å². The minimum atomic E-state index is -0.985. The Morgan fingerprint density at radius 3 is 2.29 bits per heavy atom. The molecule has 2 aromatic carbocycles. The van der Waals surface area contributed by atoms with Crippen molar-refractivity contribution in [1.29, 1.82) is 0 Å². The van der Waals surface area contributed by atoms with Crippen LogP contribution in [-0.2, 0) is 14.3 Å². The molecule has 0 aliphatic carbocycles. The van der Waals surface area contributed by atoms with Crippen molar-refractivity contribution in [3.05, 3.63) is 59.7 Å². The molecule has 0 aliphatic rings. The van der Waals surface area contributed by atoms with E-state index in [2.05, 4.69) is 5.32 Å². The molecular formula is C24H27NO6. The molecule has 7 heteroatoms. The number of esters is 1. The minimum absolute atomic E-state index is 0.00886. The first-order valence-corrected chi connectivity index (χ1v) is 9.72. The Balaban J connectivity index is 1.97. The van der Waals surface area contributed by atoms with Crippen molar-refractivity contribution in [2.24, 2.45) is 5.41 Å². The van der Waals surface area contributed by atoms with Crippen molar-refractivity contribution >= 4 is 29.4 Å². The van der Waals surface area contributed by atoms with Gasteiger partial charge in [0.05, 0.1) is 7.11 Å². The number of Topliss-reactive ketones (excluding diaryl/α,β-unsaturated/α-hetero) is 1. The summed E-state index contributed by atoms with van der Waals surface area (Å²) in [6.07, 6.45) is 1.70. The summed E-state index contributed by atoms with van der Waals surface area (Å²) in [7, 11) is 1.43. The molecule has 31 heavy (non-hydrogen) atoms. The van der Waals surface area contributed by atoms with E-state index in [1.165, 1.54) is 32.3 Å². The van der Waals surface area contributed by atoms with Crippen LogP contribution in [0.4, 0.5) is 5.69 Å². The van der Waals surface area contributed by atoms with E-state index >= 15 is 0 Å². The molecular weight excluding hydrogens is 398 g/mol. The van der Waals surface area contributed by atoms with E-state index in [0.29, 0.717) is 16.8 Å². The number of phenols is 1. The third-order valence-electron chi connectivity index (χ3n) is 4.39. The predicted octanol–water partition coefficient (Wildman–Crippen LogP) is 4.21. The SMILES string of the molecule is COc1cc(/C=C/C(=O)O[C@@H](C)C(=O)c2ccc(NC(=O)C(C)(C)C)cc2)ccc1O. The van der Waals surface area contributed by atoms with Crippen molar-refractivity contribution in [1.82, 2.24) is 0 Å². The number of carbonyl (C=O) groups is 3. The summed E-state index contributed by atoms with van der Waals surface area (Å²) in [6, 6.07) is 11.0. The fourth-order valence-corrected chi connectivity index (χ4v) is 2.50. The number of methoxy groups -OCH3 is 1. The summed E-state index contributed by atoms with van der Waals surface area (Å²) in [5.74, 6) is -0.901. The van der Waals surface area contributed by atoms with E-state index in [1.54, 1.807) is 36.4 Å². The number of ketones is 1. The van der Waals surface area contributed by atoms with Gasteiger partial charge in [-0.1, -0.05) is 26.8 Å². The van der Waals surface area contributed by atoms with Gasteiger partial charge in [-0.15, -0.1) is 0 Å². The number of amides is 1. The van der Waals surface area contributed by atoms with Crippen molar-refractivity contribution in [2.45, 2.75) is 33.8 Å². The molecule has 2 aromatic rings. The zero-order valence-electron chi connectivity index (χ0n) is 18.3. The fourth-order valence-electron chi connectivity index (χ4n) is 2.50. The summed E-state index contributed by atoms with van der Waals surface area (Å²) in [6.45, 7) is 6.92. The summed E-state index contributed by atoms with van der Waals surface area (Å²) < 4.78 is 10.2. The van der Waals surface area contributed by atoms with Crippen LogP contribution in [0.3, 0.4) is 0 Å². The fraction of sp³-hybridized carbons (Fsp3) is 0.292. The Kier molecular flexibility index (Phi) is 7.58. The quantitative estimate of drug-likeness (QED) is 0.391. The van der Waals surface area contributed by atoms with E-state index < -0.39 is 17.5 Å². The van der Waals surface area contributed by atoms with Crippen LogP contribution in [0.5, 0.6) is 11.5 Å². The molecule has 0 saturated heterocycles. The monoisotopic (exact) mass is 425 g/mol. The molecule has 7 nitrogen and oxygen atoms in total. The molecule has 0 unspecified atom stereocenters. The minimum Gasteiger partial charge on any atom is -0.504 e. The average molecular weight is 425 g/mol. The number of nitrogens with one attached hydrogen (secondary N) is 1. The number of phenolic OH excluding ortho intramolecular Hbond substituents is 1. The summed E-state index contributed by atoms with van der Waals surface area (Å²) in [5, 5.41) is 12.4. The van der Waals surface area contributed by atoms with E-state index in [4.69, 9.17) is 9.47 Å². The van der Waals surface area contributed by atoms with Crippen LogP contribution in [0.1, 0.15) is 43.6 Å². The standard InChI is InChI=1S/C24H27NO6/c1-15(31-21(27)13-7-16-6-12-19(26)20(14-16)30-5)22(28)17-8-10-18(11-9-17)25-23(29)24(2,3)4/h6-15,26H,1-5H3,(H,25,29)/b13-7+/t15-/m0/s1. The Morgan fingerprint density at radius 1 is 1.06 bits per heavy atom. The number of carbonyl (C=O) groups excluding carboxylic acids is 3. The lowest BCUT2D eigenvalue weighted by Gasteiger charge is -2.18. The number of hydrogen-bond donors (Lipinski definition) is 2. The summed E-state index contributed by atoms with van der Waals surface area (Å²) in [4.78, 5) is 36.6. The maximum Gasteiger partial charge on any atom is 0.331 e. The van der Waals surface area contributed by atoms with Crippen LogP contribution in [-0.4, -0.2) is 36.0 Å². The number of rotatable bonds is 7. The van der Waals surface area contributed by atoms with Crippen LogP contribution < -0.4 is 10.1 Å². The van der Waals surface area contributed by atoms with Gasteiger partial charge in [0.1, 0.15) is 0 Å². The van der Waals surface area contributed by atoms with Crippen molar-refractivity contribution in [2.75, 3.05) is 12.4 Å². The predicted molar refractivity (Wildman–Crippen MR) is 118 cm³/mol. The van der Waals surface area contributed by atoms with Gasteiger partial charge in [-0.25, -0.2) is 4.79 Å². The van der Waals surface area contributed by atoms with Gasteiger partial charge in [0, 0.05) is 22.7 Å². The number of aromatic hydroxyl groups is 1. The highest BCUT2D eigenvalue weighted by molar-refractivity contribution is 6.01. The largest absolute Gasteiger partial charge is 0.504 e. The van der Waals surface area contributed by atoms with Crippen LogP contribution in [0, 0.1) is 5.41 Å². The average Bonchev–Trinajstić information content (AvgIpc) is 2.72. The lowest BCUT2D eigenvalue weighted by molar-refractivity contribution is -0.140. The molecule has 164 valence electrons. The Bertz CT molecular complexity index is 986. The van der Waals surface area contributed by atoms with Gasteiger partial charge in [0.15, 0.2) is 17.6 Å². The van der Waals surface area contributed by atoms with E-state index in [-0.39, 0.29) is 23.2 Å². The summed E-state index contributed by atoms with van der Waals surface area (Å²) >= 11 is 0. The third-order valence-corrected chi connectivity index (χ3v) is 4.39. The third kappa shape index (κ3) is 6.70. The molecule has 0 aliphatic heterocycles. The number of ether oxygens (including phenoxy) is 2. The Hall–Kier alpha value is -3.61. The molecule has 0 aromatic heterocycles. The highest BCUT2D eigenvalue weighted by Gasteiger charge is 2.22. The summed E-state index contributed by atoms with van der Waals surface area (Å²) in [5.41, 5.74) is 1.03. The highest BCUT2D eigenvalue weighted by atomic mass is 16.5. The topological polar surface area (TPSA) is 102 Å². The second-order valence-corrected chi connectivity index (χ2v) is 7.99. The van der Waals surface area contributed by atoms with Gasteiger partial charge >= 0.3 is 5.97 Å². The van der Waals surface area contributed by atoms with Gasteiger partial charge in [-0.2, -0.15) is 0 Å². The van der Waals surface area contributed by atoms with Gasteiger partial charge in [-0.3, -0.25) is 9.59 Å². The van der Waals surface area contributed by atoms with Crippen molar-refractivity contribution in [3.8, 4) is 11.5 Å². The van der Waals surface area contributed by atoms with Crippen molar-refractivity contribution < 1.29 is 29.0 Å². The normalized spacial score (nSPS) is 12.3. The van der Waals surface area contributed by atoms with Gasteiger partial charge in [0.25, 0.3) is 0 Å². The van der Waals surface area contributed by atoms with Gasteiger partial charge in [0.2, 0.25) is 11.7 Å². The van der Waals surface area contributed by atoms with Crippen LogP contribution in [0.2, 0.25) is 0 Å². The first-order valence-electron chi connectivity index (χ1n) is 9.72. The molecule has 0 heterocycles. The number of hydrogen-bond acceptors (Lipinski definition) is 6. The van der Waals surface area contributed by atoms with Crippen molar-refractivity contribution in [3.63, 3.8) is 0 Å². The molecule has 1 amide bonds. The molecule has 0 fully saturated rings. The van der Waals surface area contributed by atoms with E-state index in [0.717, 1.165) is 0 Å². The van der Waals surface area contributed by atoms with E-state index in [9.17, 15) is 19.5 Å². The number of benzene rings is 2. The highest BCUT2D eigenvalue weighted by Crippen LogP contribution is 2.26. The van der Waals surface area contributed by atoms with Crippen LogP contribution in [0.15, 0.2) is 48.5 Å². The molecule has 2 rings (SSSR count). The first-order chi connectivity index (χ1) is 14.5. The molecule has 0 spiro atoms. The maximum absolute atomic E-state index is 12.5. The maximum atomic E-state index is 12.5. The molecule has 0 radical (unpaired) electrons. The zero-order chi connectivity index (χ0) is 23.2. The first kappa shape index (κ1) is 23.7. The zero-order valence-corrected chi connectivity index (χ0v) is 18.3. The second-order valence-electron chi connectivity index (χ2n) is 7.99. The van der Waals surface area contributed by atoms with Crippen LogP contribution in [0.25, 0.3) is 6.08 Å². The van der Waals surface area contributed by atoms with Gasteiger partial charge < -0.3 is 19.9 Å². The second kappa shape index (κ2) is 9.93. The molecule has 0 saturated carbocycles. The Morgan fingerprint density at radius 2 is 1.71 bits per heavy atom. The molecule has 2 N–H and O–H groups in total. The molecule has 0 bridgehead atoms. The number of anilines is 1. The smallest absolute Gasteiger partial charge is 0.331 e. The van der Waals surface area contributed by atoms with Crippen LogP contribution >= 0.6 is 0 Å². The van der Waals surface area contributed by atoms with E-state index in [1.807, 2.05) is 20.8 Å². The molecule has 1 atom stereocenters. The lowest BCUT2D eigenvalue weighted by atomic mass is 9.95.